The fourth-order valence-electron chi connectivity index (χ4n) is 2.96. The molecule has 4 rings (SSSR count). The van der Waals surface area contributed by atoms with E-state index < -0.39 is 5.25 Å². The molecule has 26 heavy (non-hydrogen) atoms. The molecule has 3 heterocycles. The highest BCUT2D eigenvalue weighted by molar-refractivity contribution is 8.00. The SMILES string of the molecule is O=C(C(Sc1nnc(-c2cccnc2)o1)c1ccccc1)N1CCCC1. The van der Waals surface area contributed by atoms with Crippen molar-refractivity contribution in [1.29, 1.82) is 0 Å². The monoisotopic (exact) mass is 366 g/mol. The lowest BCUT2D eigenvalue weighted by Crippen LogP contribution is -2.31. The molecule has 6 nitrogen and oxygen atoms in total. The molecule has 1 aliphatic rings. The van der Waals surface area contributed by atoms with E-state index in [0.717, 1.165) is 37.1 Å². The number of pyridine rings is 1. The number of carbonyl (C=O) groups is 1. The second-order valence-electron chi connectivity index (χ2n) is 6.06. The van der Waals surface area contributed by atoms with Gasteiger partial charge in [-0.15, -0.1) is 10.2 Å². The zero-order valence-corrected chi connectivity index (χ0v) is 14.9. The van der Waals surface area contributed by atoms with Gasteiger partial charge in [0, 0.05) is 25.5 Å². The third kappa shape index (κ3) is 3.62. The largest absolute Gasteiger partial charge is 0.411 e. The van der Waals surface area contributed by atoms with E-state index in [2.05, 4.69) is 15.2 Å². The van der Waals surface area contributed by atoms with Crippen LogP contribution in [0.15, 0.2) is 64.5 Å². The lowest BCUT2D eigenvalue weighted by Gasteiger charge is -2.22. The quantitative estimate of drug-likeness (QED) is 0.643. The topological polar surface area (TPSA) is 72.1 Å². The molecular weight excluding hydrogens is 348 g/mol. The maximum absolute atomic E-state index is 13.0. The van der Waals surface area contributed by atoms with Crippen molar-refractivity contribution in [1.82, 2.24) is 20.1 Å². The van der Waals surface area contributed by atoms with Crippen LogP contribution < -0.4 is 0 Å². The smallest absolute Gasteiger partial charge is 0.277 e. The van der Waals surface area contributed by atoms with Crippen LogP contribution in [0.3, 0.4) is 0 Å². The number of rotatable bonds is 5. The van der Waals surface area contributed by atoms with E-state index in [0.29, 0.717) is 11.1 Å². The number of likely N-dealkylation sites (tertiary alicyclic amines) is 1. The lowest BCUT2D eigenvalue weighted by molar-refractivity contribution is -0.129. The van der Waals surface area contributed by atoms with Gasteiger partial charge in [0.2, 0.25) is 11.8 Å². The van der Waals surface area contributed by atoms with Crippen LogP contribution in [0, 0.1) is 0 Å². The van der Waals surface area contributed by atoms with Crippen LogP contribution in [0.2, 0.25) is 0 Å². The summed E-state index contributed by atoms with van der Waals surface area (Å²) in [5.41, 5.74) is 1.70. The average Bonchev–Trinajstić information content (AvgIpc) is 3.39. The van der Waals surface area contributed by atoms with Gasteiger partial charge in [-0.25, -0.2) is 0 Å². The highest BCUT2D eigenvalue weighted by Crippen LogP contribution is 2.37. The van der Waals surface area contributed by atoms with Gasteiger partial charge in [-0.05, 0) is 42.3 Å². The lowest BCUT2D eigenvalue weighted by atomic mass is 10.1. The van der Waals surface area contributed by atoms with Gasteiger partial charge in [0.1, 0.15) is 5.25 Å². The Morgan fingerprint density at radius 2 is 1.88 bits per heavy atom. The summed E-state index contributed by atoms with van der Waals surface area (Å²) in [6.45, 7) is 1.63. The second-order valence-corrected chi connectivity index (χ2v) is 7.11. The number of carbonyl (C=O) groups excluding carboxylic acids is 1. The van der Waals surface area contributed by atoms with Gasteiger partial charge < -0.3 is 9.32 Å². The molecule has 0 spiro atoms. The van der Waals surface area contributed by atoms with Crippen molar-refractivity contribution in [2.75, 3.05) is 13.1 Å². The molecule has 1 aliphatic heterocycles. The first kappa shape index (κ1) is 16.8. The molecule has 0 N–H and O–H groups in total. The fraction of sp³-hybridized carbons (Fsp3) is 0.263. The van der Waals surface area contributed by atoms with Crippen LogP contribution in [0.5, 0.6) is 0 Å². The van der Waals surface area contributed by atoms with E-state index in [1.165, 1.54) is 11.8 Å². The van der Waals surface area contributed by atoms with Crippen molar-refractivity contribution < 1.29 is 9.21 Å². The molecule has 2 aromatic heterocycles. The number of thioether (sulfide) groups is 1. The minimum Gasteiger partial charge on any atom is -0.411 e. The van der Waals surface area contributed by atoms with Gasteiger partial charge in [0.05, 0.1) is 5.56 Å². The minimum atomic E-state index is -0.392. The fourth-order valence-corrected chi connectivity index (χ4v) is 3.92. The third-order valence-electron chi connectivity index (χ3n) is 4.28. The Kier molecular flexibility index (Phi) is 4.97. The second kappa shape index (κ2) is 7.70. The standard InChI is InChI=1S/C19H18N4O2S/c24-18(23-11-4-5-12-23)16(14-7-2-1-3-8-14)26-19-22-21-17(25-19)15-9-6-10-20-13-15/h1-3,6-10,13,16H,4-5,11-12H2. The molecule has 3 aromatic rings. The van der Waals surface area contributed by atoms with Crippen LogP contribution >= 0.6 is 11.8 Å². The van der Waals surface area contributed by atoms with Crippen molar-refractivity contribution in [3.63, 3.8) is 0 Å². The van der Waals surface area contributed by atoms with Gasteiger partial charge in [-0.3, -0.25) is 9.78 Å². The minimum absolute atomic E-state index is 0.0971. The maximum atomic E-state index is 13.0. The first-order valence-corrected chi connectivity index (χ1v) is 9.43. The molecule has 1 unspecified atom stereocenters. The first-order chi connectivity index (χ1) is 12.8. The highest BCUT2D eigenvalue weighted by Gasteiger charge is 2.30. The number of nitrogens with zero attached hydrogens (tertiary/aromatic N) is 4. The summed E-state index contributed by atoms with van der Waals surface area (Å²) in [5, 5.41) is 8.19. The molecule has 1 amide bonds. The van der Waals surface area contributed by atoms with E-state index in [1.54, 1.807) is 12.4 Å². The third-order valence-corrected chi connectivity index (χ3v) is 5.35. The van der Waals surface area contributed by atoms with E-state index in [9.17, 15) is 4.79 Å². The van der Waals surface area contributed by atoms with Crippen LogP contribution in [-0.4, -0.2) is 39.1 Å². The molecule has 0 bridgehead atoms. The Hall–Kier alpha value is -2.67. The Balaban J connectivity index is 1.59. The molecule has 0 saturated carbocycles. The molecule has 132 valence electrons. The van der Waals surface area contributed by atoms with Crippen molar-refractivity contribution in [2.45, 2.75) is 23.3 Å². The number of hydrogen-bond acceptors (Lipinski definition) is 6. The zero-order valence-electron chi connectivity index (χ0n) is 14.1. The summed E-state index contributed by atoms with van der Waals surface area (Å²) in [6, 6.07) is 13.4. The van der Waals surface area contributed by atoms with Crippen LogP contribution in [0.1, 0.15) is 23.7 Å². The Bertz CT molecular complexity index is 864. The van der Waals surface area contributed by atoms with Gasteiger partial charge in [-0.2, -0.15) is 0 Å². The van der Waals surface area contributed by atoms with Gasteiger partial charge in [-0.1, -0.05) is 30.3 Å². The maximum Gasteiger partial charge on any atom is 0.277 e. The number of aromatic nitrogens is 3. The van der Waals surface area contributed by atoms with E-state index in [1.807, 2.05) is 47.4 Å². The van der Waals surface area contributed by atoms with Crippen molar-refractivity contribution in [2.24, 2.45) is 0 Å². The molecular formula is C19H18N4O2S. The number of benzene rings is 1. The van der Waals surface area contributed by atoms with Crippen LogP contribution in [0.4, 0.5) is 0 Å². The Morgan fingerprint density at radius 3 is 2.62 bits per heavy atom. The highest BCUT2D eigenvalue weighted by atomic mass is 32.2. The summed E-state index contributed by atoms with van der Waals surface area (Å²) in [5.74, 6) is 0.501. The average molecular weight is 366 g/mol. The predicted octanol–water partition coefficient (Wildman–Crippen LogP) is 3.59. The van der Waals surface area contributed by atoms with E-state index in [-0.39, 0.29) is 5.91 Å². The van der Waals surface area contributed by atoms with Crippen molar-refractivity contribution in [3.05, 3.63) is 60.4 Å². The Labute approximate surface area is 155 Å². The Morgan fingerprint density at radius 1 is 1.08 bits per heavy atom. The molecule has 1 fully saturated rings. The summed E-state index contributed by atoms with van der Waals surface area (Å²) in [6.07, 6.45) is 5.48. The summed E-state index contributed by atoms with van der Waals surface area (Å²) >= 11 is 1.30. The number of amides is 1. The summed E-state index contributed by atoms with van der Waals surface area (Å²) < 4.78 is 5.76. The van der Waals surface area contributed by atoms with Crippen molar-refractivity contribution in [3.8, 4) is 11.5 Å². The molecule has 1 atom stereocenters. The normalized spacial score (nSPS) is 15.2. The van der Waals surface area contributed by atoms with Crippen molar-refractivity contribution >= 4 is 17.7 Å². The van der Waals surface area contributed by atoms with E-state index in [4.69, 9.17) is 4.42 Å². The molecule has 1 aromatic carbocycles. The zero-order chi connectivity index (χ0) is 17.8. The molecule has 0 aliphatic carbocycles. The predicted molar refractivity (Wildman–Crippen MR) is 98.4 cm³/mol. The first-order valence-electron chi connectivity index (χ1n) is 8.55. The van der Waals surface area contributed by atoms with Crippen LogP contribution in [0.25, 0.3) is 11.5 Å². The van der Waals surface area contributed by atoms with Gasteiger partial charge >= 0.3 is 0 Å². The molecule has 1 saturated heterocycles. The summed E-state index contributed by atoms with van der Waals surface area (Å²) in [4.78, 5) is 19.0. The molecule has 0 radical (unpaired) electrons. The van der Waals surface area contributed by atoms with Gasteiger partial charge in [0.25, 0.3) is 5.22 Å². The van der Waals surface area contributed by atoms with E-state index >= 15 is 0 Å². The number of hydrogen-bond donors (Lipinski definition) is 0. The van der Waals surface area contributed by atoms with Crippen LogP contribution in [-0.2, 0) is 4.79 Å². The molecule has 7 heteroatoms. The van der Waals surface area contributed by atoms with Gasteiger partial charge in [0.15, 0.2) is 0 Å². The summed E-state index contributed by atoms with van der Waals surface area (Å²) in [7, 11) is 0.